The molecule has 0 saturated carbocycles. The molecule has 3 rings (SSSR count). The predicted molar refractivity (Wildman–Crippen MR) is 109 cm³/mol. The van der Waals surface area contributed by atoms with Crippen LogP contribution in [-0.4, -0.2) is 42.1 Å². The van der Waals surface area contributed by atoms with E-state index >= 15 is 0 Å². The quantitative estimate of drug-likeness (QED) is 0.830. The van der Waals surface area contributed by atoms with Gasteiger partial charge in [-0.25, -0.2) is 0 Å². The number of amides is 1. The van der Waals surface area contributed by atoms with Gasteiger partial charge in [-0.3, -0.25) is 9.48 Å². The third-order valence-corrected chi connectivity index (χ3v) is 5.97. The Morgan fingerprint density at radius 3 is 2.46 bits per heavy atom. The van der Waals surface area contributed by atoms with Crippen LogP contribution in [0.5, 0.6) is 5.75 Å². The standard InChI is InChI=1S/C22H31N3O3/c1-15(14-20-16(2)24-25(4)17(20)3)23-21(26)22(10-12-28-13-11-22)18-6-8-19(27-5)9-7-18/h6-9,15H,10-14H2,1-5H3,(H,23,26)/t15-/m0/s1. The van der Waals surface area contributed by atoms with Crippen LogP contribution in [0, 0.1) is 13.8 Å². The zero-order valence-corrected chi connectivity index (χ0v) is 17.5. The highest BCUT2D eigenvalue weighted by molar-refractivity contribution is 5.88. The van der Waals surface area contributed by atoms with E-state index in [0.717, 1.165) is 29.1 Å². The molecular weight excluding hydrogens is 354 g/mol. The summed E-state index contributed by atoms with van der Waals surface area (Å²) in [5.41, 5.74) is 3.85. The van der Waals surface area contributed by atoms with Crippen molar-refractivity contribution in [1.29, 1.82) is 0 Å². The van der Waals surface area contributed by atoms with Crippen molar-refractivity contribution >= 4 is 5.91 Å². The first-order valence-electron chi connectivity index (χ1n) is 9.89. The Morgan fingerprint density at radius 2 is 1.93 bits per heavy atom. The van der Waals surface area contributed by atoms with E-state index in [0.29, 0.717) is 26.1 Å². The lowest BCUT2D eigenvalue weighted by molar-refractivity contribution is -0.131. The minimum Gasteiger partial charge on any atom is -0.497 e. The topological polar surface area (TPSA) is 65.4 Å². The van der Waals surface area contributed by atoms with Gasteiger partial charge >= 0.3 is 0 Å². The SMILES string of the molecule is COc1ccc(C2(C(=O)N[C@@H](C)Cc3c(C)nn(C)c3C)CCOCC2)cc1. The fourth-order valence-corrected chi connectivity index (χ4v) is 4.11. The number of nitrogens with one attached hydrogen (secondary N) is 1. The number of aryl methyl sites for hydroxylation is 2. The summed E-state index contributed by atoms with van der Waals surface area (Å²) < 4.78 is 12.7. The zero-order valence-electron chi connectivity index (χ0n) is 17.5. The molecule has 0 radical (unpaired) electrons. The van der Waals surface area contributed by atoms with E-state index in [-0.39, 0.29) is 11.9 Å². The first-order chi connectivity index (χ1) is 13.4. The van der Waals surface area contributed by atoms with E-state index in [1.807, 2.05) is 42.9 Å². The van der Waals surface area contributed by atoms with Crippen molar-refractivity contribution in [2.45, 2.75) is 51.5 Å². The highest BCUT2D eigenvalue weighted by Crippen LogP contribution is 2.36. The van der Waals surface area contributed by atoms with Gasteiger partial charge in [-0.15, -0.1) is 0 Å². The second-order valence-electron chi connectivity index (χ2n) is 7.77. The van der Waals surface area contributed by atoms with Crippen molar-refractivity contribution in [3.8, 4) is 5.75 Å². The average molecular weight is 386 g/mol. The van der Waals surface area contributed by atoms with Gasteiger partial charge in [0.15, 0.2) is 0 Å². The van der Waals surface area contributed by atoms with Gasteiger partial charge in [0.2, 0.25) is 5.91 Å². The Morgan fingerprint density at radius 1 is 1.29 bits per heavy atom. The summed E-state index contributed by atoms with van der Waals surface area (Å²) in [5.74, 6) is 0.870. The Kier molecular flexibility index (Phi) is 6.08. The summed E-state index contributed by atoms with van der Waals surface area (Å²) in [6.45, 7) is 7.34. The van der Waals surface area contributed by atoms with Gasteiger partial charge in [-0.1, -0.05) is 12.1 Å². The van der Waals surface area contributed by atoms with Gasteiger partial charge in [-0.05, 0) is 63.3 Å². The molecule has 0 spiro atoms. The molecule has 2 heterocycles. The van der Waals surface area contributed by atoms with Crippen LogP contribution in [0.1, 0.15) is 42.3 Å². The maximum Gasteiger partial charge on any atom is 0.231 e. The molecule has 2 aromatic rings. The van der Waals surface area contributed by atoms with Gasteiger partial charge in [0.25, 0.3) is 0 Å². The van der Waals surface area contributed by atoms with Crippen molar-refractivity contribution in [1.82, 2.24) is 15.1 Å². The summed E-state index contributed by atoms with van der Waals surface area (Å²) in [7, 11) is 3.60. The number of carbonyl (C=O) groups excluding carboxylic acids is 1. The van der Waals surface area contributed by atoms with E-state index in [4.69, 9.17) is 9.47 Å². The summed E-state index contributed by atoms with van der Waals surface area (Å²) in [5, 5.41) is 7.75. The number of hydrogen-bond acceptors (Lipinski definition) is 4. The number of carbonyl (C=O) groups is 1. The molecule has 0 aliphatic carbocycles. The van der Waals surface area contributed by atoms with E-state index in [2.05, 4.69) is 24.3 Å². The fraction of sp³-hybridized carbons (Fsp3) is 0.545. The molecule has 0 unspecified atom stereocenters. The lowest BCUT2D eigenvalue weighted by Crippen LogP contribution is -2.50. The number of hydrogen-bond donors (Lipinski definition) is 1. The monoisotopic (exact) mass is 385 g/mol. The third-order valence-electron chi connectivity index (χ3n) is 5.97. The molecule has 1 fully saturated rings. The first kappa shape index (κ1) is 20.4. The molecule has 0 bridgehead atoms. The Balaban J connectivity index is 1.79. The number of ether oxygens (including phenoxy) is 2. The highest BCUT2D eigenvalue weighted by Gasteiger charge is 2.42. The van der Waals surface area contributed by atoms with Crippen LogP contribution in [0.2, 0.25) is 0 Å². The normalized spacial score (nSPS) is 17.2. The number of aromatic nitrogens is 2. The maximum atomic E-state index is 13.4. The van der Waals surface area contributed by atoms with Crippen LogP contribution in [0.3, 0.4) is 0 Å². The van der Waals surface area contributed by atoms with Gasteiger partial charge < -0.3 is 14.8 Å². The van der Waals surface area contributed by atoms with Crippen LogP contribution >= 0.6 is 0 Å². The Bertz CT molecular complexity index is 820. The average Bonchev–Trinajstić information content (AvgIpc) is 2.94. The van der Waals surface area contributed by atoms with E-state index in [1.165, 1.54) is 5.56 Å². The molecule has 1 aliphatic heterocycles. The van der Waals surface area contributed by atoms with Crippen molar-refractivity contribution in [3.63, 3.8) is 0 Å². The van der Waals surface area contributed by atoms with Gasteiger partial charge in [-0.2, -0.15) is 5.10 Å². The molecular formula is C22H31N3O3. The summed E-state index contributed by atoms with van der Waals surface area (Å²) >= 11 is 0. The maximum absolute atomic E-state index is 13.4. The first-order valence-corrected chi connectivity index (χ1v) is 9.89. The second-order valence-corrected chi connectivity index (χ2v) is 7.77. The Labute approximate surface area is 167 Å². The van der Waals surface area contributed by atoms with Gasteiger partial charge in [0, 0.05) is 32.0 Å². The van der Waals surface area contributed by atoms with E-state index in [9.17, 15) is 4.79 Å². The minimum atomic E-state index is -0.558. The highest BCUT2D eigenvalue weighted by atomic mass is 16.5. The molecule has 1 aliphatic rings. The van der Waals surface area contributed by atoms with Gasteiger partial charge in [0.05, 0.1) is 18.2 Å². The molecule has 1 N–H and O–H groups in total. The van der Waals surface area contributed by atoms with Crippen LogP contribution < -0.4 is 10.1 Å². The molecule has 6 heteroatoms. The van der Waals surface area contributed by atoms with E-state index < -0.39 is 5.41 Å². The second kappa shape index (κ2) is 8.35. The molecule has 6 nitrogen and oxygen atoms in total. The van der Waals surface area contributed by atoms with Crippen LogP contribution in [0.15, 0.2) is 24.3 Å². The van der Waals surface area contributed by atoms with Crippen molar-refractivity contribution in [2.75, 3.05) is 20.3 Å². The number of nitrogens with zero attached hydrogens (tertiary/aromatic N) is 2. The number of benzene rings is 1. The van der Waals surface area contributed by atoms with Crippen molar-refractivity contribution in [2.24, 2.45) is 7.05 Å². The summed E-state index contributed by atoms with van der Waals surface area (Å²) in [6, 6.07) is 7.87. The summed E-state index contributed by atoms with van der Waals surface area (Å²) in [4.78, 5) is 13.4. The number of rotatable bonds is 6. The van der Waals surface area contributed by atoms with Crippen LogP contribution in [-0.2, 0) is 28.4 Å². The molecule has 152 valence electrons. The summed E-state index contributed by atoms with van der Waals surface area (Å²) in [6.07, 6.45) is 2.14. The smallest absolute Gasteiger partial charge is 0.231 e. The van der Waals surface area contributed by atoms with Crippen molar-refractivity contribution in [3.05, 3.63) is 46.8 Å². The van der Waals surface area contributed by atoms with Crippen LogP contribution in [0.25, 0.3) is 0 Å². The molecule has 1 aromatic carbocycles. The van der Waals surface area contributed by atoms with Crippen molar-refractivity contribution < 1.29 is 14.3 Å². The molecule has 1 amide bonds. The third kappa shape index (κ3) is 3.92. The molecule has 28 heavy (non-hydrogen) atoms. The fourth-order valence-electron chi connectivity index (χ4n) is 4.11. The van der Waals surface area contributed by atoms with E-state index in [1.54, 1.807) is 7.11 Å². The van der Waals surface area contributed by atoms with Crippen LogP contribution in [0.4, 0.5) is 0 Å². The lowest BCUT2D eigenvalue weighted by Gasteiger charge is -2.37. The van der Waals surface area contributed by atoms with Gasteiger partial charge in [0.1, 0.15) is 5.75 Å². The zero-order chi connectivity index (χ0) is 20.3. The lowest BCUT2D eigenvalue weighted by atomic mass is 9.73. The molecule has 1 aromatic heterocycles. The molecule has 1 atom stereocenters. The predicted octanol–water partition coefficient (Wildman–Crippen LogP) is 2.84. The number of methoxy groups -OCH3 is 1. The minimum absolute atomic E-state index is 0.0204. The largest absolute Gasteiger partial charge is 0.497 e. The molecule has 1 saturated heterocycles. The Hall–Kier alpha value is -2.34.